The van der Waals surface area contributed by atoms with Gasteiger partial charge in [-0.25, -0.2) is 0 Å². The van der Waals surface area contributed by atoms with Gasteiger partial charge in [0.05, 0.1) is 0 Å². The van der Waals surface area contributed by atoms with Crippen LogP contribution in [-0.4, -0.2) is 6.26 Å². The summed E-state index contributed by atoms with van der Waals surface area (Å²) in [6.07, 6.45) is 8.04. The summed E-state index contributed by atoms with van der Waals surface area (Å²) in [5, 5.41) is 0. The number of allylic oxidation sites excluding steroid dienone is 2. The fraction of sp³-hybridized carbons (Fsp3) is 0.467. The van der Waals surface area contributed by atoms with Crippen LogP contribution < -0.4 is 5.73 Å². The third kappa shape index (κ3) is 2.86. The van der Waals surface area contributed by atoms with E-state index < -0.39 is 0 Å². The summed E-state index contributed by atoms with van der Waals surface area (Å²) in [5.74, 6) is 0. The molecule has 0 aromatic heterocycles. The molecular weight excluding hydrogens is 226 g/mol. The molecule has 0 saturated heterocycles. The van der Waals surface area contributed by atoms with Gasteiger partial charge in [-0.3, -0.25) is 0 Å². The van der Waals surface area contributed by atoms with Gasteiger partial charge in [0.25, 0.3) is 0 Å². The minimum atomic E-state index is 0.454. The number of nitrogen functional groups attached to an aromatic ring is 1. The highest BCUT2D eigenvalue weighted by Crippen LogP contribution is 2.39. The van der Waals surface area contributed by atoms with Crippen LogP contribution in [0, 0.1) is 5.41 Å². The van der Waals surface area contributed by atoms with Crippen LogP contribution in [0.15, 0.2) is 29.2 Å². The van der Waals surface area contributed by atoms with E-state index in [2.05, 4.69) is 38.3 Å². The number of rotatable bonds is 2. The van der Waals surface area contributed by atoms with E-state index >= 15 is 0 Å². The highest BCUT2D eigenvalue weighted by atomic mass is 32.2. The molecule has 1 aromatic carbocycles. The normalized spacial score (nSPS) is 18.9. The van der Waals surface area contributed by atoms with Crippen LogP contribution in [0.1, 0.15) is 38.7 Å². The van der Waals surface area contributed by atoms with Crippen molar-refractivity contribution in [1.29, 1.82) is 0 Å². The van der Waals surface area contributed by atoms with Gasteiger partial charge in [0.1, 0.15) is 0 Å². The van der Waals surface area contributed by atoms with Gasteiger partial charge in [-0.05, 0) is 54.7 Å². The maximum atomic E-state index is 6.09. The Morgan fingerprint density at radius 2 is 2.06 bits per heavy atom. The number of thioether (sulfide) groups is 1. The summed E-state index contributed by atoms with van der Waals surface area (Å²) in [5.41, 5.74) is 10.1. The van der Waals surface area contributed by atoms with Crippen LogP contribution in [0.25, 0.3) is 5.57 Å². The van der Waals surface area contributed by atoms with Crippen LogP contribution in [0.4, 0.5) is 5.69 Å². The minimum Gasteiger partial charge on any atom is -0.398 e. The van der Waals surface area contributed by atoms with Crippen molar-refractivity contribution in [2.24, 2.45) is 5.41 Å². The van der Waals surface area contributed by atoms with E-state index in [4.69, 9.17) is 5.73 Å². The minimum absolute atomic E-state index is 0.454. The van der Waals surface area contributed by atoms with E-state index in [-0.39, 0.29) is 0 Å². The van der Waals surface area contributed by atoms with Crippen molar-refractivity contribution < 1.29 is 0 Å². The molecule has 2 rings (SSSR count). The highest BCUT2D eigenvalue weighted by Gasteiger charge is 2.22. The zero-order valence-electron chi connectivity index (χ0n) is 10.9. The number of nitrogens with two attached hydrogens (primary N) is 1. The molecule has 0 fully saturated rings. The molecule has 0 saturated carbocycles. The van der Waals surface area contributed by atoms with Crippen molar-refractivity contribution in [3.05, 3.63) is 29.8 Å². The Balaban J connectivity index is 2.32. The SMILES string of the molecule is CSc1ccc(N)c(C2=CCC(C)(C)CC2)c1. The zero-order chi connectivity index (χ0) is 12.5. The van der Waals surface area contributed by atoms with Gasteiger partial charge in [-0.15, -0.1) is 11.8 Å². The lowest BCUT2D eigenvalue weighted by atomic mass is 9.77. The second-order valence-corrected chi connectivity index (χ2v) is 6.43. The standard InChI is InChI=1S/C15H21NS/c1-15(2)8-6-11(7-9-15)13-10-12(17-3)4-5-14(13)16/h4-6,10H,7-9,16H2,1-3H3. The molecular formula is C15H21NS. The zero-order valence-corrected chi connectivity index (χ0v) is 11.7. The lowest BCUT2D eigenvalue weighted by Crippen LogP contribution is -2.14. The maximum absolute atomic E-state index is 6.09. The Morgan fingerprint density at radius 3 is 2.65 bits per heavy atom. The summed E-state index contributed by atoms with van der Waals surface area (Å²) >= 11 is 1.77. The Hall–Kier alpha value is -0.890. The van der Waals surface area contributed by atoms with Crippen molar-refractivity contribution >= 4 is 23.0 Å². The first-order valence-electron chi connectivity index (χ1n) is 6.15. The maximum Gasteiger partial charge on any atom is 0.0391 e. The van der Waals surface area contributed by atoms with Crippen molar-refractivity contribution in [1.82, 2.24) is 0 Å². The Bertz CT molecular complexity index is 446. The summed E-state index contributed by atoms with van der Waals surface area (Å²) in [6.45, 7) is 4.67. The van der Waals surface area contributed by atoms with Gasteiger partial charge >= 0.3 is 0 Å². The van der Waals surface area contributed by atoms with Crippen LogP contribution in [0.5, 0.6) is 0 Å². The summed E-state index contributed by atoms with van der Waals surface area (Å²) in [4.78, 5) is 1.29. The summed E-state index contributed by atoms with van der Waals surface area (Å²) < 4.78 is 0. The van der Waals surface area contributed by atoms with Gasteiger partial charge in [-0.2, -0.15) is 0 Å². The van der Waals surface area contributed by atoms with Crippen molar-refractivity contribution in [2.75, 3.05) is 12.0 Å². The number of anilines is 1. The Labute approximate surface area is 108 Å². The fourth-order valence-electron chi connectivity index (χ4n) is 2.26. The van der Waals surface area contributed by atoms with Crippen molar-refractivity contribution in [3.63, 3.8) is 0 Å². The van der Waals surface area contributed by atoms with Crippen LogP contribution in [0.2, 0.25) is 0 Å². The molecule has 2 heteroatoms. The molecule has 1 nitrogen and oxygen atoms in total. The first-order chi connectivity index (χ1) is 8.02. The molecule has 2 N–H and O–H groups in total. The molecule has 0 unspecified atom stereocenters. The first-order valence-corrected chi connectivity index (χ1v) is 7.37. The Kier molecular flexibility index (Phi) is 3.53. The molecule has 0 spiro atoms. The molecule has 17 heavy (non-hydrogen) atoms. The quantitative estimate of drug-likeness (QED) is 0.611. The van der Waals surface area contributed by atoms with Crippen LogP contribution in [0.3, 0.4) is 0 Å². The average molecular weight is 247 g/mol. The van der Waals surface area contributed by atoms with Gasteiger partial charge in [0.2, 0.25) is 0 Å². The van der Waals surface area contributed by atoms with Gasteiger partial charge in [0.15, 0.2) is 0 Å². The molecule has 0 atom stereocenters. The predicted molar refractivity (Wildman–Crippen MR) is 78.2 cm³/mol. The number of benzene rings is 1. The van der Waals surface area contributed by atoms with E-state index in [9.17, 15) is 0 Å². The van der Waals surface area contributed by atoms with Crippen LogP contribution in [-0.2, 0) is 0 Å². The topological polar surface area (TPSA) is 26.0 Å². The van der Waals surface area contributed by atoms with E-state index in [0.717, 1.165) is 18.5 Å². The first kappa shape index (κ1) is 12.6. The smallest absolute Gasteiger partial charge is 0.0391 e. The summed E-state index contributed by atoms with van der Waals surface area (Å²) in [6, 6.07) is 6.35. The van der Waals surface area contributed by atoms with Crippen molar-refractivity contribution in [3.8, 4) is 0 Å². The molecule has 0 heterocycles. The molecule has 1 aliphatic rings. The number of hydrogen-bond donors (Lipinski definition) is 1. The number of hydrogen-bond acceptors (Lipinski definition) is 2. The monoisotopic (exact) mass is 247 g/mol. The van der Waals surface area contributed by atoms with Gasteiger partial charge in [-0.1, -0.05) is 19.9 Å². The van der Waals surface area contributed by atoms with Gasteiger partial charge < -0.3 is 5.73 Å². The highest BCUT2D eigenvalue weighted by molar-refractivity contribution is 7.98. The lowest BCUT2D eigenvalue weighted by molar-refractivity contribution is 0.335. The largest absolute Gasteiger partial charge is 0.398 e. The van der Waals surface area contributed by atoms with E-state index in [0.29, 0.717) is 5.41 Å². The molecule has 0 aliphatic heterocycles. The lowest BCUT2D eigenvalue weighted by Gasteiger charge is -2.29. The molecule has 0 amide bonds. The van der Waals surface area contributed by atoms with Crippen molar-refractivity contribution in [2.45, 2.75) is 38.0 Å². The van der Waals surface area contributed by atoms with Crippen LogP contribution >= 0.6 is 11.8 Å². The van der Waals surface area contributed by atoms with E-state index in [1.807, 2.05) is 6.07 Å². The molecule has 92 valence electrons. The third-order valence-corrected chi connectivity index (χ3v) is 4.30. The summed E-state index contributed by atoms with van der Waals surface area (Å²) in [7, 11) is 0. The van der Waals surface area contributed by atoms with E-state index in [1.165, 1.54) is 22.5 Å². The predicted octanol–water partition coefficient (Wildman–Crippen LogP) is 4.58. The third-order valence-electron chi connectivity index (χ3n) is 3.58. The molecule has 1 aliphatic carbocycles. The van der Waals surface area contributed by atoms with E-state index in [1.54, 1.807) is 11.8 Å². The average Bonchev–Trinajstić information content (AvgIpc) is 2.30. The van der Waals surface area contributed by atoms with Gasteiger partial charge in [0, 0.05) is 16.1 Å². The second-order valence-electron chi connectivity index (χ2n) is 5.55. The second kappa shape index (κ2) is 4.77. The molecule has 1 aromatic rings. The molecule has 0 radical (unpaired) electrons. The fourth-order valence-corrected chi connectivity index (χ4v) is 2.70. The molecule has 0 bridgehead atoms. The Morgan fingerprint density at radius 1 is 1.29 bits per heavy atom.